The Morgan fingerprint density at radius 2 is 1.57 bits per heavy atom. The zero-order chi connectivity index (χ0) is 14.2. The number of hydrogen-bond donors (Lipinski definition) is 0. The third-order valence-electron chi connectivity index (χ3n) is 3.00. The van der Waals surface area contributed by atoms with Gasteiger partial charge in [-0.3, -0.25) is 0 Å². The number of rotatable bonds is 2. The number of hydrogen-bond acceptors (Lipinski definition) is 5. The summed E-state index contributed by atoms with van der Waals surface area (Å²) in [5, 5.41) is 4.10. The summed E-state index contributed by atoms with van der Waals surface area (Å²) in [6.07, 6.45) is 1.75. The van der Waals surface area contributed by atoms with E-state index in [0.717, 1.165) is 31.1 Å². The molecule has 0 fully saturated rings. The SMILES string of the molecule is Brc1cnc2nc(-c3cccs3)c(-c3cccs3)nc2c1. The number of pyridine rings is 1. The molecule has 0 saturated carbocycles. The summed E-state index contributed by atoms with van der Waals surface area (Å²) in [5.74, 6) is 0. The van der Waals surface area contributed by atoms with Crippen LogP contribution in [0.5, 0.6) is 0 Å². The highest BCUT2D eigenvalue weighted by atomic mass is 79.9. The molecule has 0 aliphatic carbocycles. The second-order valence-electron chi connectivity index (χ2n) is 4.37. The largest absolute Gasteiger partial charge is 0.241 e. The van der Waals surface area contributed by atoms with Crippen LogP contribution < -0.4 is 0 Å². The lowest BCUT2D eigenvalue weighted by atomic mass is 10.2. The average Bonchev–Trinajstić information content (AvgIpc) is 3.19. The van der Waals surface area contributed by atoms with Crippen molar-refractivity contribution < 1.29 is 0 Å². The molecule has 0 aliphatic rings. The van der Waals surface area contributed by atoms with Gasteiger partial charge in [-0.2, -0.15) is 0 Å². The van der Waals surface area contributed by atoms with Crippen LogP contribution in [0, 0.1) is 0 Å². The first-order valence-electron chi connectivity index (χ1n) is 6.22. The minimum absolute atomic E-state index is 0.668. The Hall–Kier alpha value is -1.63. The van der Waals surface area contributed by atoms with Gasteiger partial charge in [-0.05, 0) is 44.9 Å². The molecule has 6 heteroatoms. The maximum Gasteiger partial charge on any atom is 0.178 e. The molecule has 4 rings (SSSR count). The minimum atomic E-state index is 0.668. The lowest BCUT2D eigenvalue weighted by Crippen LogP contribution is -1.94. The van der Waals surface area contributed by atoms with E-state index < -0.39 is 0 Å². The summed E-state index contributed by atoms with van der Waals surface area (Å²) >= 11 is 6.77. The molecule has 4 aromatic heterocycles. The Kier molecular flexibility index (Phi) is 3.29. The summed E-state index contributed by atoms with van der Waals surface area (Å²) in [6, 6.07) is 10.1. The normalized spacial score (nSPS) is 11.1. The van der Waals surface area contributed by atoms with Crippen LogP contribution in [0.15, 0.2) is 51.8 Å². The zero-order valence-electron chi connectivity index (χ0n) is 10.7. The lowest BCUT2D eigenvalue weighted by molar-refractivity contribution is 1.23. The highest BCUT2D eigenvalue weighted by Gasteiger charge is 2.15. The number of thiophene rings is 2. The van der Waals surface area contributed by atoms with Gasteiger partial charge in [-0.1, -0.05) is 12.1 Å². The summed E-state index contributed by atoms with van der Waals surface area (Å²) in [7, 11) is 0. The Bertz CT molecular complexity index is 902. The maximum absolute atomic E-state index is 4.80. The molecular weight excluding hydrogens is 366 g/mol. The van der Waals surface area contributed by atoms with Crippen LogP contribution in [-0.2, 0) is 0 Å². The molecule has 0 atom stereocenters. The van der Waals surface area contributed by atoms with E-state index >= 15 is 0 Å². The zero-order valence-corrected chi connectivity index (χ0v) is 13.9. The third kappa shape index (κ3) is 2.39. The number of fused-ring (bicyclic) bond motifs is 1. The van der Waals surface area contributed by atoms with E-state index in [2.05, 4.69) is 43.8 Å². The van der Waals surface area contributed by atoms with Gasteiger partial charge in [-0.25, -0.2) is 15.0 Å². The number of nitrogens with zero attached hydrogens (tertiary/aromatic N) is 3. The van der Waals surface area contributed by atoms with Gasteiger partial charge in [0.1, 0.15) is 16.9 Å². The Labute approximate surface area is 137 Å². The van der Waals surface area contributed by atoms with Gasteiger partial charge in [0.2, 0.25) is 0 Å². The fourth-order valence-electron chi connectivity index (χ4n) is 2.09. The highest BCUT2D eigenvalue weighted by molar-refractivity contribution is 9.10. The molecule has 0 saturated heterocycles. The van der Waals surface area contributed by atoms with Crippen LogP contribution in [-0.4, -0.2) is 15.0 Å². The minimum Gasteiger partial charge on any atom is -0.241 e. The molecule has 0 bridgehead atoms. The van der Waals surface area contributed by atoms with Gasteiger partial charge in [0.15, 0.2) is 5.65 Å². The molecule has 3 nitrogen and oxygen atoms in total. The molecule has 0 N–H and O–H groups in total. The monoisotopic (exact) mass is 373 g/mol. The van der Waals surface area contributed by atoms with Crippen molar-refractivity contribution in [2.75, 3.05) is 0 Å². The van der Waals surface area contributed by atoms with Crippen LogP contribution >= 0.6 is 38.6 Å². The molecule has 0 aromatic carbocycles. The molecule has 4 heterocycles. The molecule has 0 radical (unpaired) electrons. The first-order chi connectivity index (χ1) is 10.3. The number of aromatic nitrogens is 3. The Morgan fingerprint density at radius 3 is 2.19 bits per heavy atom. The smallest absolute Gasteiger partial charge is 0.178 e. The molecule has 0 amide bonds. The van der Waals surface area contributed by atoms with E-state index in [1.165, 1.54) is 0 Å². The predicted molar refractivity (Wildman–Crippen MR) is 91.7 cm³/mol. The fourth-order valence-corrected chi connectivity index (χ4v) is 3.84. The van der Waals surface area contributed by atoms with E-state index in [1.807, 2.05) is 18.2 Å². The van der Waals surface area contributed by atoms with E-state index in [0.29, 0.717) is 5.65 Å². The first kappa shape index (κ1) is 13.1. The molecular formula is C15H8BrN3S2. The van der Waals surface area contributed by atoms with Crippen molar-refractivity contribution in [1.82, 2.24) is 15.0 Å². The van der Waals surface area contributed by atoms with Gasteiger partial charge in [0.05, 0.1) is 9.75 Å². The average molecular weight is 374 g/mol. The van der Waals surface area contributed by atoms with Crippen molar-refractivity contribution in [1.29, 1.82) is 0 Å². The summed E-state index contributed by atoms with van der Waals surface area (Å²) in [6.45, 7) is 0. The molecule has 0 spiro atoms. The van der Waals surface area contributed by atoms with Crippen molar-refractivity contribution in [3.05, 3.63) is 51.8 Å². The van der Waals surface area contributed by atoms with Crippen LogP contribution in [0.4, 0.5) is 0 Å². The van der Waals surface area contributed by atoms with Crippen molar-refractivity contribution in [3.8, 4) is 21.1 Å². The van der Waals surface area contributed by atoms with E-state index in [1.54, 1.807) is 28.9 Å². The van der Waals surface area contributed by atoms with E-state index in [-0.39, 0.29) is 0 Å². The van der Waals surface area contributed by atoms with E-state index in [9.17, 15) is 0 Å². The third-order valence-corrected chi connectivity index (χ3v) is 5.18. The second kappa shape index (κ2) is 5.29. The predicted octanol–water partition coefficient (Wildman–Crippen LogP) is 5.24. The number of halogens is 1. The topological polar surface area (TPSA) is 38.7 Å². The van der Waals surface area contributed by atoms with E-state index in [4.69, 9.17) is 9.97 Å². The second-order valence-corrected chi connectivity index (χ2v) is 7.18. The molecule has 4 aromatic rings. The quantitative estimate of drug-likeness (QED) is 0.481. The van der Waals surface area contributed by atoms with Crippen LogP contribution in [0.2, 0.25) is 0 Å². The summed E-state index contributed by atoms with van der Waals surface area (Å²) in [4.78, 5) is 16.1. The summed E-state index contributed by atoms with van der Waals surface area (Å²) < 4.78 is 0.908. The van der Waals surface area contributed by atoms with Crippen LogP contribution in [0.25, 0.3) is 32.3 Å². The van der Waals surface area contributed by atoms with Crippen molar-refractivity contribution in [3.63, 3.8) is 0 Å². The maximum atomic E-state index is 4.80. The molecule has 102 valence electrons. The Morgan fingerprint density at radius 1 is 0.905 bits per heavy atom. The molecule has 21 heavy (non-hydrogen) atoms. The molecule has 0 unspecified atom stereocenters. The van der Waals surface area contributed by atoms with Gasteiger partial charge < -0.3 is 0 Å². The van der Waals surface area contributed by atoms with Gasteiger partial charge >= 0.3 is 0 Å². The molecule has 0 aliphatic heterocycles. The van der Waals surface area contributed by atoms with Gasteiger partial charge in [0.25, 0.3) is 0 Å². The lowest BCUT2D eigenvalue weighted by Gasteiger charge is -2.07. The van der Waals surface area contributed by atoms with Gasteiger partial charge in [0, 0.05) is 10.7 Å². The van der Waals surface area contributed by atoms with Crippen LogP contribution in [0.1, 0.15) is 0 Å². The standard InChI is InChI=1S/C15H8BrN3S2/c16-9-7-10-15(17-8-9)19-14(12-4-2-6-21-12)13(18-10)11-3-1-5-20-11/h1-8H. The Balaban J connectivity index is 2.05. The summed E-state index contributed by atoms with van der Waals surface area (Å²) in [5.41, 5.74) is 3.28. The fraction of sp³-hybridized carbons (Fsp3) is 0. The van der Waals surface area contributed by atoms with Crippen molar-refractivity contribution in [2.45, 2.75) is 0 Å². The van der Waals surface area contributed by atoms with Crippen molar-refractivity contribution >= 4 is 49.8 Å². The highest BCUT2D eigenvalue weighted by Crippen LogP contribution is 2.35. The van der Waals surface area contributed by atoms with Crippen LogP contribution in [0.3, 0.4) is 0 Å². The van der Waals surface area contributed by atoms with Gasteiger partial charge in [-0.15, -0.1) is 22.7 Å². The first-order valence-corrected chi connectivity index (χ1v) is 8.77. The van der Waals surface area contributed by atoms with Crippen molar-refractivity contribution in [2.24, 2.45) is 0 Å².